The van der Waals surface area contributed by atoms with Gasteiger partial charge >= 0.3 is 5.97 Å². The summed E-state index contributed by atoms with van der Waals surface area (Å²) in [5, 5.41) is 4.74. The topological polar surface area (TPSA) is 73.5 Å². The third kappa shape index (κ3) is 2.94. The molecule has 2 aromatic carbocycles. The molecule has 0 aliphatic rings. The average Bonchev–Trinajstić information content (AvgIpc) is 2.61. The zero-order valence-corrected chi connectivity index (χ0v) is 13.3. The fourth-order valence-corrected chi connectivity index (χ4v) is 2.32. The second-order valence-corrected chi connectivity index (χ2v) is 5.15. The van der Waals surface area contributed by atoms with Crippen LogP contribution in [-0.4, -0.2) is 29.0 Å². The van der Waals surface area contributed by atoms with Crippen molar-refractivity contribution >= 4 is 23.1 Å². The largest absolute Gasteiger partial charge is 0.465 e. The number of carbonyl (C=O) groups is 1. The van der Waals surface area contributed by atoms with E-state index in [1.54, 1.807) is 55.6 Å². The molecule has 6 nitrogen and oxygen atoms in total. The minimum atomic E-state index is -0.399. The molecule has 24 heavy (non-hydrogen) atoms. The Labute approximate surface area is 138 Å². The molecule has 6 heteroatoms. The molecule has 0 aliphatic heterocycles. The minimum absolute atomic E-state index is 0.222. The van der Waals surface area contributed by atoms with Crippen molar-refractivity contribution < 1.29 is 9.53 Å². The van der Waals surface area contributed by atoms with Crippen molar-refractivity contribution in [1.82, 2.24) is 9.66 Å². The fraction of sp³-hybridized carbons (Fsp3) is 0.111. The second-order valence-electron chi connectivity index (χ2n) is 5.15. The molecule has 0 aliphatic carbocycles. The van der Waals surface area contributed by atoms with Gasteiger partial charge in [-0.25, -0.2) is 9.78 Å². The van der Waals surface area contributed by atoms with Crippen LogP contribution in [0, 0.1) is 6.92 Å². The van der Waals surface area contributed by atoms with E-state index < -0.39 is 5.97 Å². The molecular formula is C18H15N3O3. The van der Waals surface area contributed by atoms with Gasteiger partial charge < -0.3 is 4.74 Å². The van der Waals surface area contributed by atoms with Crippen LogP contribution >= 0.6 is 0 Å². The van der Waals surface area contributed by atoms with E-state index in [-0.39, 0.29) is 5.56 Å². The lowest BCUT2D eigenvalue weighted by molar-refractivity contribution is 0.0600. The standard InChI is InChI=1S/C18H15N3O3/c1-12-20-16-6-4-3-5-15(16)17(22)21(12)19-11-13-7-9-14(10-8-13)18(23)24-2/h3-11H,1-2H3/b19-11-. The van der Waals surface area contributed by atoms with E-state index in [4.69, 9.17) is 0 Å². The molecule has 0 amide bonds. The van der Waals surface area contributed by atoms with Gasteiger partial charge in [0.25, 0.3) is 5.56 Å². The van der Waals surface area contributed by atoms with Crippen molar-refractivity contribution in [3.8, 4) is 0 Å². The van der Waals surface area contributed by atoms with E-state index in [1.165, 1.54) is 11.8 Å². The summed E-state index contributed by atoms with van der Waals surface area (Å²) >= 11 is 0. The Kier molecular flexibility index (Phi) is 4.20. The highest BCUT2D eigenvalue weighted by molar-refractivity contribution is 5.90. The lowest BCUT2D eigenvalue weighted by Gasteiger charge is -2.05. The molecule has 0 bridgehead atoms. The third-order valence-electron chi connectivity index (χ3n) is 3.57. The summed E-state index contributed by atoms with van der Waals surface area (Å²) in [6, 6.07) is 13.9. The number of hydrogen-bond acceptors (Lipinski definition) is 5. The maximum Gasteiger partial charge on any atom is 0.337 e. The van der Waals surface area contributed by atoms with E-state index in [0.717, 1.165) is 5.56 Å². The molecule has 0 radical (unpaired) electrons. The van der Waals surface area contributed by atoms with Gasteiger partial charge in [-0.3, -0.25) is 4.79 Å². The Morgan fingerprint density at radius 1 is 1.17 bits per heavy atom. The molecule has 0 spiro atoms. The Morgan fingerprint density at radius 2 is 1.88 bits per heavy atom. The van der Waals surface area contributed by atoms with Crippen molar-refractivity contribution in [3.63, 3.8) is 0 Å². The number of rotatable bonds is 3. The monoisotopic (exact) mass is 321 g/mol. The van der Waals surface area contributed by atoms with Gasteiger partial charge in [-0.05, 0) is 36.8 Å². The molecule has 0 atom stereocenters. The maximum atomic E-state index is 12.5. The first kappa shape index (κ1) is 15.6. The molecule has 0 N–H and O–H groups in total. The number of ether oxygens (including phenoxy) is 1. The van der Waals surface area contributed by atoms with Crippen LogP contribution in [0.4, 0.5) is 0 Å². The van der Waals surface area contributed by atoms with Crippen molar-refractivity contribution in [1.29, 1.82) is 0 Å². The van der Waals surface area contributed by atoms with Crippen LogP contribution in [0.15, 0.2) is 58.4 Å². The van der Waals surface area contributed by atoms with Crippen LogP contribution < -0.4 is 5.56 Å². The van der Waals surface area contributed by atoms with E-state index >= 15 is 0 Å². The minimum Gasteiger partial charge on any atom is -0.465 e. The van der Waals surface area contributed by atoms with Gasteiger partial charge in [0.15, 0.2) is 0 Å². The number of esters is 1. The summed E-state index contributed by atoms with van der Waals surface area (Å²) in [7, 11) is 1.33. The van der Waals surface area contributed by atoms with E-state index in [9.17, 15) is 9.59 Å². The van der Waals surface area contributed by atoms with Gasteiger partial charge in [-0.2, -0.15) is 9.78 Å². The summed E-state index contributed by atoms with van der Waals surface area (Å²) in [5.74, 6) is 0.102. The van der Waals surface area contributed by atoms with Crippen LogP contribution in [0.5, 0.6) is 0 Å². The normalized spacial score (nSPS) is 11.1. The number of carbonyl (C=O) groups excluding carboxylic acids is 1. The number of fused-ring (bicyclic) bond motifs is 1. The van der Waals surface area contributed by atoms with Crippen LogP contribution in [-0.2, 0) is 4.74 Å². The Hall–Kier alpha value is -3.28. The van der Waals surface area contributed by atoms with Crippen molar-refractivity contribution in [2.75, 3.05) is 7.11 Å². The van der Waals surface area contributed by atoms with Crippen LogP contribution in [0.25, 0.3) is 10.9 Å². The van der Waals surface area contributed by atoms with E-state index in [0.29, 0.717) is 22.3 Å². The number of aromatic nitrogens is 2. The smallest absolute Gasteiger partial charge is 0.337 e. The average molecular weight is 321 g/mol. The van der Waals surface area contributed by atoms with Crippen LogP contribution in [0.2, 0.25) is 0 Å². The first-order valence-corrected chi connectivity index (χ1v) is 7.31. The fourth-order valence-electron chi connectivity index (χ4n) is 2.32. The summed E-state index contributed by atoms with van der Waals surface area (Å²) in [6.45, 7) is 1.73. The Balaban J connectivity index is 1.96. The first-order chi connectivity index (χ1) is 11.6. The highest BCUT2D eigenvalue weighted by atomic mass is 16.5. The molecule has 1 aromatic heterocycles. The molecule has 0 saturated heterocycles. The number of methoxy groups -OCH3 is 1. The second kappa shape index (κ2) is 6.45. The maximum absolute atomic E-state index is 12.5. The lowest BCUT2D eigenvalue weighted by Crippen LogP contribution is -2.20. The van der Waals surface area contributed by atoms with Gasteiger partial charge in [-0.1, -0.05) is 24.3 Å². The Bertz CT molecular complexity index is 989. The highest BCUT2D eigenvalue weighted by Crippen LogP contribution is 2.08. The van der Waals surface area contributed by atoms with Gasteiger partial charge in [0, 0.05) is 0 Å². The van der Waals surface area contributed by atoms with E-state index in [2.05, 4.69) is 14.8 Å². The number of para-hydroxylation sites is 1. The SMILES string of the molecule is COC(=O)c1ccc(/C=N\n2c(C)nc3ccccc3c2=O)cc1. The number of hydrogen-bond donors (Lipinski definition) is 0. The van der Waals surface area contributed by atoms with Gasteiger partial charge in [0.05, 0.1) is 29.8 Å². The van der Waals surface area contributed by atoms with Crippen LogP contribution in [0.3, 0.4) is 0 Å². The number of aryl methyl sites for hydroxylation is 1. The molecular weight excluding hydrogens is 306 g/mol. The molecule has 1 heterocycles. The van der Waals surface area contributed by atoms with Gasteiger partial charge in [-0.15, -0.1) is 0 Å². The zero-order valence-electron chi connectivity index (χ0n) is 13.3. The number of benzene rings is 2. The summed E-state index contributed by atoms with van der Waals surface area (Å²) in [5.41, 5.74) is 1.63. The summed E-state index contributed by atoms with van der Waals surface area (Å²) in [6.07, 6.45) is 1.55. The third-order valence-corrected chi connectivity index (χ3v) is 3.57. The van der Waals surface area contributed by atoms with Crippen molar-refractivity contribution in [3.05, 3.63) is 75.8 Å². The van der Waals surface area contributed by atoms with Crippen LogP contribution in [0.1, 0.15) is 21.7 Å². The summed E-state index contributed by atoms with van der Waals surface area (Å²) in [4.78, 5) is 28.3. The van der Waals surface area contributed by atoms with Crippen molar-refractivity contribution in [2.45, 2.75) is 6.92 Å². The number of nitrogens with zero attached hydrogens (tertiary/aromatic N) is 3. The lowest BCUT2D eigenvalue weighted by atomic mass is 10.1. The molecule has 120 valence electrons. The molecule has 3 rings (SSSR count). The van der Waals surface area contributed by atoms with Gasteiger partial charge in [0.2, 0.25) is 0 Å². The zero-order chi connectivity index (χ0) is 17.1. The van der Waals surface area contributed by atoms with Gasteiger partial charge in [0.1, 0.15) is 5.82 Å². The molecule has 0 saturated carbocycles. The van der Waals surface area contributed by atoms with E-state index in [1.807, 2.05) is 6.07 Å². The highest BCUT2D eigenvalue weighted by Gasteiger charge is 2.07. The predicted molar refractivity (Wildman–Crippen MR) is 91.5 cm³/mol. The Morgan fingerprint density at radius 3 is 2.58 bits per heavy atom. The van der Waals surface area contributed by atoms with Crippen molar-refractivity contribution in [2.24, 2.45) is 5.10 Å². The quantitative estimate of drug-likeness (QED) is 0.548. The molecule has 3 aromatic rings. The summed E-state index contributed by atoms with van der Waals surface area (Å²) < 4.78 is 5.91. The first-order valence-electron chi connectivity index (χ1n) is 7.31. The molecule has 0 unspecified atom stereocenters. The predicted octanol–water partition coefficient (Wildman–Crippen LogP) is 2.37. The molecule has 0 fully saturated rings.